The van der Waals surface area contributed by atoms with Gasteiger partial charge in [0.05, 0.1) is 12.8 Å². The summed E-state index contributed by atoms with van der Waals surface area (Å²) in [6.07, 6.45) is 0. The van der Waals surface area contributed by atoms with E-state index < -0.39 is 0 Å². The first-order valence-corrected chi connectivity index (χ1v) is 6.33. The van der Waals surface area contributed by atoms with Gasteiger partial charge in [-0.15, -0.1) is 0 Å². The summed E-state index contributed by atoms with van der Waals surface area (Å²) in [5, 5.41) is 4.71. The number of hydrogen-bond donors (Lipinski definition) is 2. The molecule has 1 aliphatic heterocycles. The predicted octanol–water partition coefficient (Wildman–Crippen LogP) is 0.979. The van der Waals surface area contributed by atoms with E-state index in [-0.39, 0.29) is 6.03 Å². The molecular weight excluding hydrogens is 244 g/mol. The van der Waals surface area contributed by atoms with Crippen LogP contribution in [-0.4, -0.2) is 56.3 Å². The summed E-state index contributed by atoms with van der Waals surface area (Å²) in [7, 11) is 3.66. The number of hydrazine groups is 1. The fraction of sp³-hybridized carbons (Fsp3) is 0.462. The molecule has 1 heterocycles. The van der Waals surface area contributed by atoms with Gasteiger partial charge in [-0.25, -0.2) is 9.80 Å². The Morgan fingerprint density at radius 1 is 1.21 bits per heavy atom. The van der Waals surface area contributed by atoms with Crippen molar-refractivity contribution in [2.24, 2.45) is 0 Å². The first-order chi connectivity index (χ1) is 9.19. The summed E-state index contributed by atoms with van der Waals surface area (Å²) in [6.45, 7) is 3.57. The molecule has 1 saturated heterocycles. The Labute approximate surface area is 113 Å². The number of carbonyl (C=O) groups is 1. The molecule has 1 aliphatic rings. The summed E-state index contributed by atoms with van der Waals surface area (Å²) in [4.78, 5) is 14.1. The normalized spacial score (nSPS) is 16.9. The number of nitrogens with one attached hydrogen (secondary N) is 2. The quantitative estimate of drug-likeness (QED) is 0.854. The summed E-state index contributed by atoms with van der Waals surface area (Å²) < 4.78 is 5.19. The van der Waals surface area contributed by atoms with Crippen LogP contribution in [0.3, 0.4) is 0 Å². The molecule has 0 radical (unpaired) electrons. The zero-order valence-corrected chi connectivity index (χ0v) is 11.3. The van der Waals surface area contributed by atoms with E-state index >= 15 is 0 Å². The summed E-state index contributed by atoms with van der Waals surface area (Å²) in [5.41, 5.74) is 3.50. The third kappa shape index (κ3) is 3.84. The average Bonchev–Trinajstić information content (AvgIpc) is 2.42. The fourth-order valence-electron chi connectivity index (χ4n) is 1.96. The van der Waals surface area contributed by atoms with Crippen LogP contribution in [0.5, 0.6) is 5.75 Å². The van der Waals surface area contributed by atoms with Crippen molar-refractivity contribution in [2.45, 2.75) is 0 Å². The summed E-state index contributed by atoms with van der Waals surface area (Å²) >= 11 is 0. The molecule has 2 N–H and O–H groups in total. The summed E-state index contributed by atoms with van der Waals surface area (Å²) in [5.74, 6) is 0.649. The number of benzene rings is 1. The van der Waals surface area contributed by atoms with Crippen molar-refractivity contribution in [2.75, 3.05) is 45.7 Å². The zero-order valence-electron chi connectivity index (χ0n) is 11.3. The van der Waals surface area contributed by atoms with E-state index in [1.54, 1.807) is 7.11 Å². The smallest absolute Gasteiger partial charge is 0.333 e. The van der Waals surface area contributed by atoms with E-state index in [4.69, 9.17) is 4.74 Å². The Hall–Kier alpha value is -1.79. The number of hydrogen-bond acceptors (Lipinski definition) is 4. The lowest BCUT2D eigenvalue weighted by atomic mass is 10.3. The standard InChI is InChI=1S/C13H20N4O2/c1-16-7-9-17(10-8-16)15-13(18)14-11-5-3-4-6-12(11)19-2/h3-6H,7-10H2,1-2H3,(H2,14,15,18). The SMILES string of the molecule is COc1ccccc1NC(=O)NN1CCN(C)CC1. The van der Waals surface area contributed by atoms with Gasteiger partial charge in [-0.2, -0.15) is 0 Å². The molecule has 2 amide bonds. The minimum absolute atomic E-state index is 0.242. The monoisotopic (exact) mass is 264 g/mol. The molecule has 2 rings (SSSR count). The molecule has 0 bridgehead atoms. The van der Waals surface area contributed by atoms with E-state index in [1.165, 1.54) is 0 Å². The van der Waals surface area contributed by atoms with Gasteiger partial charge in [-0.1, -0.05) is 12.1 Å². The van der Waals surface area contributed by atoms with Gasteiger partial charge < -0.3 is 15.0 Å². The number of amides is 2. The van der Waals surface area contributed by atoms with Crippen molar-refractivity contribution in [3.63, 3.8) is 0 Å². The van der Waals surface area contributed by atoms with Crippen LogP contribution in [-0.2, 0) is 0 Å². The number of piperazine rings is 1. The largest absolute Gasteiger partial charge is 0.495 e. The third-order valence-corrected chi connectivity index (χ3v) is 3.12. The number of rotatable bonds is 3. The number of carbonyl (C=O) groups excluding carboxylic acids is 1. The van der Waals surface area contributed by atoms with Crippen LogP contribution in [0, 0.1) is 0 Å². The van der Waals surface area contributed by atoms with Crippen LogP contribution in [0.4, 0.5) is 10.5 Å². The number of urea groups is 1. The highest BCUT2D eigenvalue weighted by atomic mass is 16.5. The Morgan fingerprint density at radius 3 is 2.58 bits per heavy atom. The first kappa shape index (κ1) is 13.6. The van der Waals surface area contributed by atoms with Crippen LogP contribution in [0.1, 0.15) is 0 Å². The second-order valence-electron chi connectivity index (χ2n) is 4.56. The molecule has 6 heteroatoms. The highest BCUT2D eigenvalue weighted by Gasteiger charge is 2.16. The van der Waals surface area contributed by atoms with Gasteiger partial charge in [0.15, 0.2) is 0 Å². The van der Waals surface area contributed by atoms with Gasteiger partial charge in [0, 0.05) is 26.2 Å². The van der Waals surface area contributed by atoms with Crippen LogP contribution in [0.15, 0.2) is 24.3 Å². The molecule has 19 heavy (non-hydrogen) atoms. The molecule has 1 aromatic carbocycles. The van der Waals surface area contributed by atoms with Crippen molar-refractivity contribution in [3.8, 4) is 5.75 Å². The fourth-order valence-corrected chi connectivity index (χ4v) is 1.96. The number of anilines is 1. The predicted molar refractivity (Wildman–Crippen MR) is 74.2 cm³/mol. The molecule has 0 spiro atoms. The Bertz CT molecular complexity index is 430. The van der Waals surface area contributed by atoms with Crippen molar-refractivity contribution in [3.05, 3.63) is 24.3 Å². The molecule has 6 nitrogen and oxygen atoms in total. The van der Waals surface area contributed by atoms with Crippen LogP contribution >= 0.6 is 0 Å². The second kappa shape index (κ2) is 6.40. The van der Waals surface area contributed by atoms with Crippen molar-refractivity contribution >= 4 is 11.7 Å². The molecule has 0 atom stereocenters. The molecule has 0 aliphatic carbocycles. The number of nitrogens with zero attached hydrogens (tertiary/aromatic N) is 2. The maximum atomic E-state index is 11.9. The van der Waals surface area contributed by atoms with Crippen molar-refractivity contribution in [1.29, 1.82) is 0 Å². The van der Waals surface area contributed by atoms with Crippen LogP contribution in [0.25, 0.3) is 0 Å². The minimum Gasteiger partial charge on any atom is -0.495 e. The van der Waals surface area contributed by atoms with Crippen molar-refractivity contribution < 1.29 is 9.53 Å². The molecule has 0 saturated carbocycles. The second-order valence-corrected chi connectivity index (χ2v) is 4.56. The van der Waals surface area contributed by atoms with Gasteiger partial charge in [0.25, 0.3) is 0 Å². The molecular formula is C13H20N4O2. The van der Waals surface area contributed by atoms with E-state index in [1.807, 2.05) is 29.3 Å². The van der Waals surface area contributed by atoms with E-state index in [0.717, 1.165) is 26.2 Å². The molecule has 1 fully saturated rings. The lowest BCUT2D eigenvalue weighted by Gasteiger charge is -2.32. The van der Waals surface area contributed by atoms with E-state index in [2.05, 4.69) is 22.7 Å². The Morgan fingerprint density at radius 2 is 1.89 bits per heavy atom. The van der Waals surface area contributed by atoms with Gasteiger partial charge in [0.2, 0.25) is 0 Å². The Balaban J connectivity index is 1.87. The first-order valence-electron chi connectivity index (χ1n) is 6.33. The lowest BCUT2D eigenvalue weighted by Crippen LogP contribution is -2.53. The third-order valence-electron chi connectivity index (χ3n) is 3.12. The zero-order chi connectivity index (χ0) is 13.7. The lowest BCUT2D eigenvalue weighted by molar-refractivity contribution is 0.116. The van der Waals surface area contributed by atoms with Gasteiger partial charge >= 0.3 is 6.03 Å². The number of para-hydroxylation sites is 2. The summed E-state index contributed by atoms with van der Waals surface area (Å²) in [6, 6.07) is 7.10. The van der Waals surface area contributed by atoms with Crippen LogP contribution < -0.4 is 15.5 Å². The highest BCUT2D eigenvalue weighted by molar-refractivity contribution is 5.90. The maximum absolute atomic E-state index is 11.9. The molecule has 0 unspecified atom stereocenters. The molecule has 104 valence electrons. The minimum atomic E-state index is -0.242. The van der Waals surface area contributed by atoms with Crippen LogP contribution in [0.2, 0.25) is 0 Å². The highest BCUT2D eigenvalue weighted by Crippen LogP contribution is 2.22. The van der Waals surface area contributed by atoms with E-state index in [0.29, 0.717) is 11.4 Å². The van der Waals surface area contributed by atoms with Crippen molar-refractivity contribution in [1.82, 2.24) is 15.3 Å². The van der Waals surface area contributed by atoms with E-state index in [9.17, 15) is 4.79 Å². The van der Waals surface area contributed by atoms with Gasteiger partial charge in [-0.3, -0.25) is 5.43 Å². The number of likely N-dealkylation sites (N-methyl/N-ethyl adjacent to an activating group) is 1. The van der Waals surface area contributed by atoms with Gasteiger partial charge in [-0.05, 0) is 19.2 Å². The number of methoxy groups -OCH3 is 1. The average molecular weight is 264 g/mol. The topological polar surface area (TPSA) is 56.8 Å². The molecule has 0 aromatic heterocycles. The Kier molecular flexibility index (Phi) is 4.59. The number of ether oxygens (including phenoxy) is 1. The molecule has 1 aromatic rings. The van der Waals surface area contributed by atoms with Gasteiger partial charge in [0.1, 0.15) is 5.75 Å². The maximum Gasteiger partial charge on any atom is 0.333 e.